The molecule has 2 rings (SSSR count). The van der Waals surface area contributed by atoms with Crippen molar-refractivity contribution in [2.24, 2.45) is 0 Å². The van der Waals surface area contributed by atoms with E-state index in [1.165, 1.54) is 18.2 Å². The fourth-order valence-electron chi connectivity index (χ4n) is 1.04. The minimum Gasteiger partial charge on any atom is -1.00 e. The van der Waals surface area contributed by atoms with Gasteiger partial charge in [0.15, 0.2) is 0 Å². The van der Waals surface area contributed by atoms with Gasteiger partial charge in [-0.3, -0.25) is 0 Å². The quantitative estimate of drug-likeness (QED) is 0.459. The Balaban J connectivity index is -0.000000312. The summed E-state index contributed by atoms with van der Waals surface area (Å²) in [7, 11) is 0. The number of nitrogens with one attached hydrogen (secondary N) is 1. The minimum atomic E-state index is -1.13. The van der Waals surface area contributed by atoms with Crippen LogP contribution in [0.1, 0.15) is 22.1 Å². The molecule has 1 aliphatic rings. The topological polar surface area (TPSA) is 118 Å². The fraction of sp³-hybridized carbons (Fsp3) is 0. The number of benzene rings is 1. The standard InChI is InChI=1S/C8H6O4.C4H5NS.Na.H2O.H/c9-7(10)5-2-1-3-6(4-5)8(11)12;1-2-4-6-5-3-1;;;/h1-4H,(H,9,10)(H,11,12);1-5H;;1H2;/q;;+1;;-1. The summed E-state index contributed by atoms with van der Waals surface area (Å²) in [6.07, 6.45) is 5.84. The second kappa shape index (κ2) is 11.6. The first-order chi connectivity index (χ1) is 8.61. The molecule has 5 N–H and O–H groups in total. The molecule has 0 saturated heterocycles. The maximum atomic E-state index is 10.4. The van der Waals surface area contributed by atoms with Crippen LogP contribution in [0.4, 0.5) is 0 Å². The van der Waals surface area contributed by atoms with Crippen molar-refractivity contribution in [3.8, 4) is 0 Å². The van der Waals surface area contributed by atoms with Crippen molar-refractivity contribution >= 4 is 23.9 Å². The van der Waals surface area contributed by atoms with Crippen LogP contribution in [0, 0.1) is 0 Å². The molecule has 6 nitrogen and oxygen atoms in total. The molecule has 0 aromatic heterocycles. The van der Waals surface area contributed by atoms with Gasteiger partial charge < -0.3 is 21.8 Å². The molecule has 20 heavy (non-hydrogen) atoms. The van der Waals surface area contributed by atoms with Gasteiger partial charge in [0.2, 0.25) is 0 Å². The molecule has 0 unspecified atom stereocenters. The molecule has 0 radical (unpaired) electrons. The van der Waals surface area contributed by atoms with Gasteiger partial charge in [0, 0.05) is 6.20 Å². The van der Waals surface area contributed by atoms with E-state index < -0.39 is 11.9 Å². The van der Waals surface area contributed by atoms with Crippen molar-refractivity contribution in [3.05, 3.63) is 59.2 Å². The predicted octanol–water partition coefficient (Wildman–Crippen LogP) is -1.36. The van der Waals surface area contributed by atoms with Crippen molar-refractivity contribution in [1.29, 1.82) is 0 Å². The first kappa shape index (κ1) is 21.1. The average Bonchev–Trinajstić information content (AvgIpc) is 2.41. The van der Waals surface area contributed by atoms with Crippen LogP contribution in [0.2, 0.25) is 0 Å². The molecule has 104 valence electrons. The van der Waals surface area contributed by atoms with Crippen LogP contribution in [0.25, 0.3) is 0 Å². The minimum absolute atomic E-state index is 0. The molecule has 0 amide bonds. The van der Waals surface area contributed by atoms with Gasteiger partial charge in [0.05, 0.1) is 11.1 Å². The van der Waals surface area contributed by atoms with E-state index in [1.807, 2.05) is 23.8 Å². The van der Waals surface area contributed by atoms with Crippen molar-refractivity contribution in [2.75, 3.05) is 0 Å². The van der Waals surface area contributed by atoms with Gasteiger partial charge in [-0.25, -0.2) is 9.59 Å². The largest absolute Gasteiger partial charge is 1.00 e. The third-order valence-corrected chi connectivity index (χ3v) is 2.41. The van der Waals surface area contributed by atoms with Gasteiger partial charge in [-0.2, -0.15) is 0 Å². The van der Waals surface area contributed by atoms with Gasteiger partial charge >= 0.3 is 41.5 Å². The summed E-state index contributed by atoms with van der Waals surface area (Å²) in [6, 6.07) is 5.20. The first-order valence-corrected chi connectivity index (χ1v) is 5.78. The zero-order valence-electron chi connectivity index (χ0n) is 11.7. The Labute approximate surface area is 143 Å². The summed E-state index contributed by atoms with van der Waals surface area (Å²) < 4.78 is 2.93. The van der Waals surface area contributed by atoms with Crippen molar-refractivity contribution in [2.45, 2.75) is 0 Å². The molecular weight excluding hydrogens is 293 g/mol. The number of aromatic carboxylic acids is 2. The Morgan fingerprint density at radius 1 is 1.10 bits per heavy atom. The molecule has 0 saturated carbocycles. The number of carbonyl (C=O) groups is 2. The van der Waals surface area contributed by atoms with Crippen LogP contribution in [0.15, 0.2) is 48.0 Å². The number of carboxylic acids is 2. The molecule has 1 aliphatic heterocycles. The third kappa shape index (κ3) is 8.03. The van der Waals surface area contributed by atoms with E-state index in [1.54, 1.807) is 11.9 Å². The molecule has 1 aromatic carbocycles. The SMILES string of the molecule is C1=CNSC=C1.O.O=C(O)c1cccc(C(=O)O)c1.[H-].[Na+]. The number of allylic oxidation sites excluding steroid dienone is 2. The first-order valence-electron chi connectivity index (χ1n) is 4.91. The summed E-state index contributed by atoms with van der Waals surface area (Å²) in [6.45, 7) is 0. The Kier molecular flexibility index (Phi) is 12.2. The van der Waals surface area contributed by atoms with Gasteiger partial charge in [-0.1, -0.05) is 12.1 Å². The molecule has 8 heteroatoms. The van der Waals surface area contributed by atoms with Crippen molar-refractivity contribution < 1.29 is 56.3 Å². The monoisotopic (exact) mass is 307 g/mol. The zero-order valence-corrected chi connectivity index (χ0v) is 13.6. The second-order valence-corrected chi connectivity index (χ2v) is 3.86. The van der Waals surface area contributed by atoms with Gasteiger partial charge in [0.1, 0.15) is 0 Å². The summed E-state index contributed by atoms with van der Waals surface area (Å²) in [5.41, 5.74) is -0.0372. The van der Waals surface area contributed by atoms with E-state index in [0.29, 0.717) is 0 Å². The van der Waals surface area contributed by atoms with E-state index in [-0.39, 0.29) is 47.6 Å². The van der Waals surface area contributed by atoms with E-state index >= 15 is 0 Å². The summed E-state index contributed by atoms with van der Waals surface area (Å²) in [4.78, 5) is 20.8. The molecular formula is C12H14NNaO5S. The smallest absolute Gasteiger partial charge is 1.00 e. The zero-order chi connectivity index (χ0) is 13.4. The second-order valence-electron chi connectivity index (χ2n) is 3.11. The fourth-order valence-corrected chi connectivity index (χ4v) is 1.45. The van der Waals surface area contributed by atoms with Crippen LogP contribution in [-0.4, -0.2) is 27.6 Å². The van der Waals surface area contributed by atoms with Gasteiger partial charge in [-0.15, -0.1) is 0 Å². The van der Waals surface area contributed by atoms with Crippen molar-refractivity contribution in [1.82, 2.24) is 4.72 Å². The van der Waals surface area contributed by atoms with Crippen LogP contribution < -0.4 is 34.3 Å². The number of carboxylic acid groups (broad SMARTS) is 2. The molecule has 1 heterocycles. The van der Waals surface area contributed by atoms with Crippen LogP contribution in [0.3, 0.4) is 0 Å². The Morgan fingerprint density at radius 3 is 1.90 bits per heavy atom. The maximum Gasteiger partial charge on any atom is 1.00 e. The van der Waals surface area contributed by atoms with Gasteiger partial charge in [0.25, 0.3) is 0 Å². The number of rotatable bonds is 2. The van der Waals surface area contributed by atoms with Crippen LogP contribution >= 0.6 is 11.9 Å². The normalized spacial score (nSPS) is 10.8. The predicted molar refractivity (Wildman–Crippen MR) is 74.1 cm³/mol. The molecule has 1 aromatic rings. The Hall–Kier alpha value is -1.25. The molecule has 0 aliphatic carbocycles. The molecule has 0 bridgehead atoms. The van der Waals surface area contributed by atoms with Crippen LogP contribution in [0.5, 0.6) is 0 Å². The van der Waals surface area contributed by atoms with Crippen molar-refractivity contribution in [3.63, 3.8) is 0 Å². The number of hydrogen-bond acceptors (Lipinski definition) is 4. The summed E-state index contributed by atoms with van der Waals surface area (Å²) in [5, 5.41) is 19.0. The van der Waals surface area contributed by atoms with E-state index in [0.717, 1.165) is 6.07 Å². The van der Waals surface area contributed by atoms with E-state index in [4.69, 9.17) is 10.2 Å². The average molecular weight is 307 g/mol. The Morgan fingerprint density at radius 2 is 1.65 bits per heavy atom. The Bertz CT molecular complexity index is 469. The summed E-state index contributed by atoms with van der Waals surface area (Å²) in [5.74, 6) is -2.25. The van der Waals surface area contributed by atoms with E-state index in [2.05, 4.69) is 4.72 Å². The third-order valence-electron chi connectivity index (χ3n) is 1.85. The number of hydrogen-bond donors (Lipinski definition) is 3. The van der Waals surface area contributed by atoms with Crippen LogP contribution in [-0.2, 0) is 0 Å². The summed E-state index contributed by atoms with van der Waals surface area (Å²) >= 11 is 1.58. The van der Waals surface area contributed by atoms with Gasteiger partial charge in [-0.05, 0) is 41.6 Å². The van der Waals surface area contributed by atoms with E-state index in [9.17, 15) is 9.59 Å². The molecule has 0 spiro atoms. The molecule has 0 fully saturated rings. The molecule has 0 atom stereocenters. The maximum absolute atomic E-state index is 10.4.